The van der Waals surface area contributed by atoms with Gasteiger partial charge in [-0.15, -0.1) is 0 Å². The van der Waals surface area contributed by atoms with Gasteiger partial charge >= 0.3 is 0 Å². The molecule has 0 aliphatic heterocycles. The molecule has 1 heterocycles. The minimum Gasteiger partial charge on any atom is -0.369 e. The first-order chi connectivity index (χ1) is 11.6. The summed E-state index contributed by atoms with van der Waals surface area (Å²) in [7, 11) is 0. The summed E-state index contributed by atoms with van der Waals surface area (Å²) in [6.07, 6.45) is 4.65. The first kappa shape index (κ1) is 16.6. The molecule has 1 aromatic carbocycles. The second-order valence-corrected chi connectivity index (χ2v) is 6.49. The van der Waals surface area contributed by atoms with Crippen molar-refractivity contribution in [2.45, 2.75) is 51.6 Å². The Morgan fingerprint density at radius 1 is 1.33 bits per heavy atom. The number of rotatable bonds is 6. The third-order valence-electron chi connectivity index (χ3n) is 4.77. The lowest BCUT2D eigenvalue weighted by Crippen LogP contribution is -2.44. The zero-order valence-electron chi connectivity index (χ0n) is 14.0. The van der Waals surface area contributed by atoms with Gasteiger partial charge < -0.3 is 15.6 Å². The van der Waals surface area contributed by atoms with Crippen LogP contribution in [0.1, 0.15) is 48.5 Å². The molecule has 0 bridgehead atoms. The smallest absolute Gasteiger partial charge is 0.240 e. The Morgan fingerprint density at radius 2 is 2.12 bits per heavy atom. The van der Waals surface area contributed by atoms with Crippen molar-refractivity contribution in [2.75, 3.05) is 0 Å². The van der Waals surface area contributed by atoms with Crippen LogP contribution in [0.4, 0.5) is 0 Å². The van der Waals surface area contributed by atoms with Crippen LogP contribution in [0.2, 0.25) is 0 Å². The number of benzene rings is 1. The molecule has 2 atom stereocenters. The minimum absolute atomic E-state index is 0.1000. The number of hydrogen-bond donors (Lipinski definition) is 2. The molecule has 1 amide bonds. The Morgan fingerprint density at radius 3 is 2.92 bits per heavy atom. The molecule has 1 aliphatic carbocycles. The van der Waals surface area contributed by atoms with Crippen LogP contribution in [0.25, 0.3) is 0 Å². The van der Waals surface area contributed by atoms with E-state index in [1.165, 1.54) is 11.1 Å². The molecule has 24 heavy (non-hydrogen) atoms. The van der Waals surface area contributed by atoms with Gasteiger partial charge in [0.1, 0.15) is 0 Å². The van der Waals surface area contributed by atoms with Crippen LogP contribution in [0.15, 0.2) is 28.8 Å². The van der Waals surface area contributed by atoms with E-state index in [4.69, 9.17) is 10.3 Å². The summed E-state index contributed by atoms with van der Waals surface area (Å²) in [6, 6.07) is 8.28. The molecule has 2 unspecified atom stereocenters. The standard InChI is InChI=1S/C18H24N4O2/c1-12-6-2-3-7-13(12)10-16-21-17(24-22-16)11-20-15-9-5-4-8-14(15)18(19)23/h2-3,6-7,14-15,20H,4-5,8-11H2,1H3,(H2,19,23). The van der Waals surface area contributed by atoms with Crippen LogP contribution < -0.4 is 11.1 Å². The van der Waals surface area contributed by atoms with Crippen LogP contribution in [-0.2, 0) is 17.8 Å². The molecule has 1 saturated carbocycles. The van der Waals surface area contributed by atoms with Gasteiger partial charge in [-0.1, -0.05) is 42.3 Å². The monoisotopic (exact) mass is 328 g/mol. The number of amides is 1. The van der Waals surface area contributed by atoms with Gasteiger partial charge in [0, 0.05) is 12.5 Å². The normalized spacial score (nSPS) is 20.9. The van der Waals surface area contributed by atoms with Gasteiger partial charge in [-0.2, -0.15) is 4.98 Å². The summed E-state index contributed by atoms with van der Waals surface area (Å²) >= 11 is 0. The van der Waals surface area contributed by atoms with Gasteiger partial charge in [0.2, 0.25) is 11.8 Å². The fraction of sp³-hybridized carbons (Fsp3) is 0.500. The highest BCUT2D eigenvalue weighted by Gasteiger charge is 2.29. The number of carbonyl (C=O) groups is 1. The van der Waals surface area contributed by atoms with E-state index in [1.54, 1.807) is 0 Å². The van der Waals surface area contributed by atoms with E-state index < -0.39 is 0 Å². The number of nitrogens with two attached hydrogens (primary N) is 1. The Bertz CT molecular complexity index is 698. The molecule has 6 heteroatoms. The zero-order valence-corrected chi connectivity index (χ0v) is 14.0. The molecule has 1 fully saturated rings. The Hall–Kier alpha value is -2.21. The summed E-state index contributed by atoms with van der Waals surface area (Å²) in [5, 5.41) is 7.41. The number of primary amides is 1. The van der Waals surface area contributed by atoms with Crippen molar-refractivity contribution in [3.05, 3.63) is 47.1 Å². The lowest BCUT2D eigenvalue weighted by Gasteiger charge is -2.29. The van der Waals surface area contributed by atoms with Crippen LogP contribution in [0.3, 0.4) is 0 Å². The van der Waals surface area contributed by atoms with Crippen LogP contribution >= 0.6 is 0 Å². The number of aryl methyl sites for hydroxylation is 1. The number of carbonyl (C=O) groups excluding carboxylic acids is 1. The molecular formula is C18H24N4O2. The highest BCUT2D eigenvalue weighted by molar-refractivity contribution is 5.77. The average Bonchev–Trinajstić information content (AvgIpc) is 3.03. The highest BCUT2D eigenvalue weighted by Crippen LogP contribution is 2.24. The van der Waals surface area contributed by atoms with Crippen molar-refractivity contribution in [3.63, 3.8) is 0 Å². The van der Waals surface area contributed by atoms with Crippen LogP contribution in [0, 0.1) is 12.8 Å². The maximum atomic E-state index is 11.5. The third-order valence-corrected chi connectivity index (χ3v) is 4.77. The first-order valence-electron chi connectivity index (χ1n) is 8.52. The molecule has 1 aromatic heterocycles. The van der Waals surface area contributed by atoms with Crippen molar-refractivity contribution in [2.24, 2.45) is 11.7 Å². The van der Waals surface area contributed by atoms with E-state index in [1.807, 2.05) is 12.1 Å². The van der Waals surface area contributed by atoms with Gasteiger partial charge in [-0.3, -0.25) is 4.79 Å². The van der Waals surface area contributed by atoms with E-state index in [9.17, 15) is 4.79 Å². The summed E-state index contributed by atoms with van der Waals surface area (Å²) in [4.78, 5) is 16.0. The van der Waals surface area contributed by atoms with Crippen molar-refractivity contribution >= 4 is 5.91 Å². The highest BCUT2D eigenvalue weighted by atomic mass is 16.5. The fourth-order valence-electron chi connectivity index (χ4n) is 3.35. The molecule has 0 radical (unpaired) electrons. The minimum atomic E-state index is -0.224. The van der Waals surface area contributed by atoms with Crippen molar-refractivity contribution in [3.8, 4) is 0 Å². The zero-order chi connectivity index (χ0) is 16.9. The van der Waals surface area contributed by atoms with Crippen LogP contribution in [0.5, 0.6) is 0 Å². The maximum absolute atomic E-state index is 11.5. The van der Waals surface area contributed by atoms with Gasteiger partial charge in [-0.25, -0.2) is 0 Å². The molecule has 2 aromatic rings. The quantitative estimate of drug-likeness (QED) is 0.847. The van der Waals surface area contributed by atoms with E-state index in [-0.39, 0.29) is 17.9 Å². The van der Waals surface area contributed by atoms with Gasteiger partial charge in [-0.05, 0) is 30.9 Å². The van der Waals surface area contributed by atoms with E-state index in [0.717, 1.165) is 25.7 Å². The molecule has 6 nitrogen and oxygen atoms in total. The van der Waals surface area contributed by atoms with Crippen LogP contribution in [-0.4, -0.2) is 22.1 Å². The lowest BCUT2D eigenvalue weighted by molar-refractivity contribution is -0.123. The van der Waals surface area contributed by atoms with Gasteiger partial charge in [0.25, 0.3) is 0 Å². The average molecular weight is 328 g/mol. The Kier molecular flexibility index (Phi) is 5.25. The van der Waals surface area contributed by atoms with Crippen molar-refractivity contribution in [1.29, 1.82) is 0 Å². The number of nitrogens with one attached hydrogen (secondary N) is 1. The van der Waals surface area contributed by atoms with E-state index >= 15 is 0 Å². The fourth-order valence-corrected chi connectivity index (χ4v) is 3.35. The number of nitrogens with zero attached hydrogens (tertiary/aromatic N) is 2. The Labute approximate surface area is 141 Å². The van der Waals surface area contributed by atoms with Gasteiger partial charge in [0.15, 0.2) is 5.82 Å². The predicted octanol–water partition coefficient (Wildman–Crippen LogP) is 2.10. The van der Waals surface area contributed by atoms with E-state index in [2.05, 4.69) is 34.5 Å². The maximum Gasteiger partial charge on any atom is 0.240 e. The third kappa shape index (κ3) is 4.00. The van der Waals surface area contributed by atoms with Gasteiger partial charge in [0.05, 0.1) is 12.5 Å². The molecular weight excluding hydrogens is 304 g/mol. The largest absolute Gasteiger partial charge is 0.369 e. The second kappa shape index (κ2) is 7.57. The number of hydrogen-bond acceptors (Lipinski definition) is 5. The lowest BCUT2D eigenvalue weighted by atomic mass is 9.84. The molecule has 0 spiro atoms. The summed E-state index contributed by atoms with van der Waals surface area (Å²) in [5.74, 6) is 0.898. The number of aromatic nitrogens is 2. The summed E-state index contributed by atoms with van der Waals surface area (Å²) in [6.45, 7) is 2.54. The molecule has 1 aliphatic rings. The molecule has 3 rings (SSSR count). The van der Waals surface area contributed by atoms with E-state index in [0.29, 0.717) is 24.7 Å². The second-order valence-electron chi connectivity index (χ2n) is 6.49. The van der Waals surface area contributed by atoms with Crippen molar-refractivity contribution in [1.82, 2.24) is 15.5 Å². The summed E-state index contributed by atoms with van der Waals surface area (Å²) in [5.41, 5.74) is 7.91. The SMILES string of the molecule is Cc1ccccc1Cc1noc(CNC2CCCCC2C(N)=O)n1. The molecule has 3 N–H and O–H groups in total. The topological polar surface area (TPSA) is 94.0 Å². The predicted molar refractivity (Wildman–Crippen MR) is 90.1 cm³/mol. The summed E-state index contributed by atoms with van der Waals surface area (Å²) < 4.78 is 5.32. The first-order valence-corrected chi connectivity index (χ1v) is 8.52. The molecule has 128 valence electrons. The Balaban J connectivity index is 1.58. The van der Waals surface area contributed by atoms with Crippen molar-refractivity contribution < 1.29 is 9.32 Å². The molecule has 0 saturated heterocycles.